The number of halogens is 2. The Balaban J connectivity index is 1.90. The van der Waals surface area contributed by atoms with E-state index in [1.54, 1.807) is 18.2 Å². The van der Waals surface area contributed by atoms with Gasteiger partial charge in [-0.15, -0.1) is 0 Å². The molecular formula is C17H21Cl2NO. The molecule has 1 aliphatic heterocycles. The van der Waals surface area contributed by atoms with Crippen LogP contribution in [0.3, 0.4) is 0 Å². The van der Waals surface area contributed by atoms with Crippen LogP contribution in [0.2, 0.25) is 10.0 Å². The number of nitrogens with zero attached hydrogens (tertiary/aromatic N) is 1. The van der Waals surface area contributed by atoms with Crippen LogP contribution in [0.25, 0.3) is 0 Å². The molecule has 0 N–H and O–H groups in total. The molecule has 3 unspecified atom stereocenters. The summed E-state index contributed by atoms with van der Waals surface area (Å²) >= 11 is 12.2. The summed E-state index contributed by atoms with van der Waals surface area (Å²) in [4.78, 5) is 15.1. The number of hydrogen-bond donors (Lipinski definition) is 0. The predicted octanol–water partition coefficient (Wildman–Crippen LogP) is 5.18. The van der Waals surface area contributed by atoms with Crippen molar-refractivity contribution in [2.75, 3.05) is 0 Å². The largest absolute Gasteiger partial charge is 0.333 e. The lowest BCUT2D eigenvalue weighted by atomic mass is 9.76. The minimum absolute atomic E-state index is 0.0702. The molecule has 1 aromatic rings. The Morgan fingerprint density at radius 1 is 1.14 bits per heavy atom. The minimum Gasteiger partial charge on any atom is -0.333 e. The van der Waals surface area contributed by atoms with Crippen molar-refractivity contribution in [3.63, 3.8) is 0 Å². The molecule has 1 heterocycles. The van der Waals surface area contributed by atoms with E-state index in [0.717, 1.165) is 12.8 Å². The Hall–Kier alpha value is -0.730. The average Bonchev–Trinajstić information content (AvgIpc) is 2.46. The van der Waals surface area contributed by atoms with Gasteiger partial charge in [0.05, 0.1) is 10.6 Å². The third-order valence-electron chi connectivity index (χ3n) is 5.05. The Bertz CT molecular complexity index is 546. The molecule has 2 fully saturated rings. The van der Waals surface area contributed by atoms with Crippen LogP contribution in [0.4, 0.5) is 0 Å². The van der Waals surface area contributed by atoms with Crippen molar-refractivity contribution in [2.24, 2.45) is 5.92 Å². The number of benzene rings is 1. The maximum Gasteiger partial charge on any atom is 0.255 e. The van der Waals surface area contributed by atoms with Gasteiger partial charge in [0.25, 0.3) is 5.91 Å². The van der Waals surface area contributed by atoms with E-state index < -0.39 is 0 Å². The van der Waals surface area contributed by atoms with Gasteiger partial charge in [-0.3, -0.25) is 4.79 Å². The number of fused-ring (bicyclic) bond motifs is 1. The Labute approximate surface area is 136 Å². The van der Waals surface area contributed by atoms with Crippen molar-refractivity contribution < 1.29 is 4.79 Å². The highest BCUT2D eigenvalue weighted by atomic mass is 35.5. The summed E-state index contributed by atoms with van der Waals surface area (Å²) in [5.74, 6) is 0.741. The number of hydrogen-bond acceptors (Lipinski definition) is 1. The van der Waals surface area contributed by atoms with Crippen molar-refractivity contribution in [3.05, 3.63) is 33.8 Å². The van der Waals surface area contributed by atoms with Gasteiger partial charge in [0.1, 0.15) is 0 Å². The van der Waals surface area contributed by atoms with Crippen LogP contribution in [0.1, 0.15) is 55.8 Å². The standard InChI is InChI=1S/C17H21Cl2NO/c1-11-6-7-12-4-2-3-5-16(12)20(11)17(21)14-9-8-13(18)10-15(14)19/h8-12,16H,2-7H2,1H3. The lowest BCUT2D eigenvalue weighted by molar-refractivity contribution is 0.0192. The first-order valence-corrected chi connectivity index (χ1v) is 8.61. The number of rotatable bonds is 1. The second-order valence-corrected chi connectivity index (χ2v) is 7.22. The van der Waals surface area contributed by atoms with E-state index in [2.05, 4.69) is 11.8 Å². The van der Waals surface area contributed by atoms with Gasteiger partial charge in [-0.05, 0) is 56.7 Å². The molecule has 1 aromatic carbocycles. The van der Waals surface area contributed by atoms with Crippen molar-refractivity contribution in [2.45, 2.75) is 57.5 Å². The molecule has 1 saturated carbocycles. The van der Waals surface area contributed by atoms with E-state index in [9.17, 15) is 4.79 Å². The third-order valence-corrected chi connectivity index (χ3v) is 5.60. The van der Waals surface area contributed by atoms with Gasteiger partial charge in [-0.2, -0.15) is 0 Å². The second kappa shape index (κ2) is 6.18. The summed E-state index contributed by atoms with van der Waals surface area (Å²) in [6.45, 7) is 2.16. The third kappa shape index (κ3) is 2.93. The van der Waals surface area contributed by atoms with Crippen LogP contribution in [0, 0.1) is 5.92 Å². The fourth-order valence-electron chi connectivity index (χ4n) is 3.97. The van der Waals surface area contributed by atoms with Crippen molar-refractivity contribution in [1.82, 2.24) is 4.90 Å². The fourth-order valence-corrected chi connectivity index (χ4v) is 4.45. The van der Waals surface area contributed by atoms with Gasteiger partial charge >= 0.3 is 0 Å². The van der Waals surface area contributed by atoms with Crippen LogP contribution in [-0.2, 0) is 0 Å². The molecule has 0 spiro atoms. The molecule has 21 heavy (non-hydrogen) atoms. The zero-order valence-corrected chi connectivity index (χ0v) is 13.8. The van der Waals surface area contributed by atoms with Crippen LogP contribution >= 0.6 is 23.2 Å². The first kappa shape index (κ1) is 15.2. The van der Waals surface area contributed by atoms with E-state index in [1.807, 2.05) is 0 Å². The zero-order valence-electron chi connectivity index (χ0n) is 12.3. The maximum atomic E-state index is 13.0. The first-order valence-electron chi connectivity index (χ1n) is 7.85. The molecule has 1 saturated heterocycles. The van der Waals surface area contributed by atoms with Gasteiger partial charge in [0, 0.05) is 17.1 Å². The fraction of sp³-hybridized carbons (Fsp3) is 0.588. The molecule has 3 atom stereocenters. The number of piperidine rings is 1. The number of carbonyl (C=O) groups excluding carboxylic acids is 1. The van der Waals surface area contributed by atoms with E-state index >= 15 is 0 Å². The molecule has 2 nitrogen and oxygen atoms in total. The van der Waals surface area contributed by atoms with E-state index in [0.29, 0.717) is 33.6 Å². The summed E-state index contributed by atoms with van der Waals surface area (Å²) in [6, 6.07) is 5.84. The summed E-state index contributed by atoms with van der Waals surface area (Å²) in [7, 11) is 0. The highest BCUT2D eigenvalue weighted by Crippen LogP contribution is 2.39. The molecule has 0 bridgehead atoms. The smallest absolute Gasteiger partial charge is 0.255 e. The van der Waals surface area contributed by atoms with Gasteiger partial charge in [-0.25, -0.2) is 0 Å². The summed E-state index contributed by atoms with van der Waals surface area (Å²) in [5, 5.41) is 1.02. The summed E-state index contributed by atoms with van der Waals surface area (Å²) in [6.07, 6.45) is 7.27. The van der Waals surface area contributed by atoms with Crippen molar-refractivity contribution >= 4 is 29.1 Å². The summed E-state index contributed by atoms with van der Waals surface area (Å²) in [5.41, 5.74) is 0.583. The van der Waals surface area contributed by atoms with Crippen molar-refractivity contribution in [1.29, 1.82) is 0 Å². The highest BCUT2D eigenvalue weighted by molar-refractivity contribution is 6.36. The topological polar surface area (TPSA) is 20.3 Å². The molecule has 0 radical (unpaired) electrons. The van der Waals surface area contributed by atoms with E-state index in [4.69, 9.17) is 23.2 Å². The van der Waals surface area contributed by atoms with Gasteiger partial charge < -0.3 is 4.90 Å². The lowest BCUT2D eigenvalue weighted by Crippen LogP contribution is -2.53. The molecular weight excluding hydrogens is 305 g/mol. The average molecular weight is 326 g/mol. The van der Waals surface area contributed by atoms with Crippen LogP contribution < -0.4 is 0 Å². The zero-order chi connectivity index (χ0) is 15.0. The molecule has 3 rings (SSSR count). The highest BCUT2D eigenvalue weighted by Gasteiger charge is 2.39. The van der Waals surface area contributed by atoms with E-state index in [-0.39, 0.29) is 5.91 Å². The Morgan fingerprint density at radius 3 is 2.67 bits per heavy atom. The molecule has 2 aliphatic rings. The number of amides is 1. The Kier molecular flexibility index (Phi) is 4.46. The van der Waals surface area contributed by atoms with E-state index in [1.165, 1.54) is 25.7 Å². The predicted molar refractivity (Wildman–Crippen MR) is 87.1 cm³/mol. The molecule has 1 aliphatic carbocycles. The molecule has 1 amide bonds. The monoisotopic (exact) mass is 325 g/mol. The SMILES string of the molecule is CC1CCC2CCCCC2N1C(=O)c1ccc(Cl)cc1Cl. The maximum absolute atomic E-state index is 13.0. The normalized spacial score (nSPS) is 29.1. The quantitative estimate of drug-likeness (QED) is 0.696. The summed E-state index contributed by atoms with van der Waals surface area (Å²) < 4.78 is 0. The minimum atomic E-state index is 0.0702. The van der Waals surface area contributed by atoms with Crippen LogP contribution in [-0.4, -0.2) is 22.9 Å². The lowest BCUT2D eigenvalue weighted by Gasteiger charge is -2.47. The number of carbonyl (C=O) groups is 1. The van der Waals surface area contributed by atoms with Gasteiger partial charge in [0.2, 0.25) is 0 Å². The molecule has 0 aromatic heterocycles. The van der Waals surface area contributed by atoms with Crippen molar-refractivity contribution in [3.8, 4) is 0 Å². The van der Waals surface area contributed by atoms with Gasteiger partial charge in [-0.1, -0.05) is 36.0 Å². The molecule has 4 heteroatoms. The van der Waals surface area contributed by atoms with Crippen LogP contribution in [0.15, 0.2) is 18.2 Å². The Morgan fingerprint density at radius 2 is 1.90 bits per heavy atom. The van der Waals surface area contributed by atoms with Gasteiger partial charge in [0.15, 0.2) is 0 Å². The molecule has 114 valence electrons. The van der Waals surface area contributed by atoms with Crippen LogP contribution in [0.5, 0.6) is 0 Å². The second-order valence-electron chi connectivity index (χ2n) is 6.37. The number of likely N-dealkylation sites (tertiary alicyclic amines) is 1. The first-order chi connectivity index (χ1) is 10.1.